The molecule has 230 valence electrons. The molecular weight excluding hydrogens is 504 g/mol. The van der Waals surface area contributed by atoms with E-state index >= 15 is 0 Å². The quantitative estimate of drug-likeness (QED) is 0.0842. The van der Waals surface area contributed by atoms with E-state index in [9.17, 15) is 0 Å². The second-order valence-electron chi connectivity index (χ2n) is 11.7. The van der Waals surface area contributed by atoms with Crippen molar-refractivity contribution >= 4 is 11.4 Å². The molecule has 2 aromatic rings. The first-order valence-electron chi connectivity index (χ1n) is 17.1. The van der Waals surface area contributed by atoms with E-state index in [1.165, 1.54) is 121 Å². The first-order chi connectivity index (χ1) is 20.2. The van der Waals surface area contributed by atoms with Crippen LogP contribution < -0.4 is 9.47 Å². The molecule has 0 aliphatic carbocycles. The molecule has 0 unspecified atom stereocenters. The van der Waals surface area contributed by atoms with Crippen LogP contribution in [0, 0.1) is 6.92 Å². The SMILES string of the molecule is CCCCCCCCCCCCOc1cccc(N=Nc2cccc(C)c2)c1OCCCCCCCCCCCC. The molecule has 0 atom stereocenters. The summed E-state index contributed by atoms with van der Waals surface area (Å²) in [6, 6.07) is 14.1. The zero-order valence-corrected chi connectivity index (χ0v) is 26.8. The maximum Gasteiger partial charge on any atom is 0.188 e. The van der Waals surface area contributed by atoms with Crippen molar-refractivity contribution in [3.8, 4) is 11.5 Å². The number of rotatable bonds is 26. The number of nitrogens with zero attached hydrogens (tertiary/aromatic N) is 2. The highest BCUT2D eigenvalue weighted by Gasteiger charge is 2.12. The molecule has 4 nitrogen and oxygen atoms in total. The van der Waals surface area contributed by atoms with Gasteiger partial charge in [0, 0.05) is 0 Å². The predicted molar refractivity (Wildman–Crippen MR) is 176 cm³/mol. The fourth-order valence-corrected chi connectivity index (χ4v) is 5.18. The number of para-hydroxylation sites is 1. The molecule has 41 heavy (non-hydrogen) atoms. The first kappa shape index (κ1) is 34.8. The number of benzene rings is 2. The van der Waals surface area contributed by atoms with Gasteiger partial charge in [-0.25, -0.2) is 0 Å². The van der Waals surface area contributed by atoms with Crippen LogP contribution in [0.15, 0.2) is 52.7 Å². The molecule has 0 bridgehead atoms. The summed E-state index contributed by atoms with van der Waals surface area (Å²) in [6.45, 7) is 8.02. The number of hydrogen-bond donors (Lipinski definition) is 0. The van der Waals surface area contributed by atoms with E-state index in [1.54, 1.807) is 0 Å². The largest absolute Gasteiger partial charge is 0.490 e. The monoisotopic (exact) mass is 564 g/mol. The molecule has 0 aliphatic heterocycles. The Bertz CT molecular complexity index is 927. The first-order valence-corrected chi connectivity index (χ1v) is 17.1. The molecule has 2 aromatic carbocycles. The van der Waals surface area contributed by atoms with Crippen LogP contribution in [-0.4, -0.2) is 13.2 Å². The van der Waals surface area contributed by atoms with Gasteiger partial charge in [0.2, 0.25) is 0 Å². The van der Waals surface area contributed by atoms with E-state index in [2.05, 4.69) is 37.1 Å². The molecule has 0 radical (unpaired) electrons. The second-order valence-corrected chi connectivity index (χ2v) is 11.7. The Balaban J connectivity index is 1.80. The second kappa shape index (κ2) is 24.3. The molecule has 0 aliphatic rings. The molecule has 0 saturated heterocycles. The standard InChI is InChI=1S/C37H60N2O2/c1-4-6-8-10-12-14-16-18-20-22-30-40-36-29-25-28-35(39-38-34-27-24-26-33(3)32-34)37(36)41-31-23-21-19-17-15-13-11-9-7-5-2/h24-29,32H,4-23,30-31H2,1-3H3. The van der Waals surface area contributed by atoms with Crippen LogP contribution in [0.5, 0.6) is 11.5 Å². The van der Waals surface area contributed by atoms with Gasteiger partial charge in [-0.3, -0.25) is 0 Å². The van der Waals surface area contributed by atoms with E-state index in [-0.39, 0.29) is 0 Å². The van der Waals surface area contributed by atoms with Crippen LogP contribution in [0.2, 0.25) is 0 Å². The molecule has 0 fully saturated rings. The smallest absolute Gasteiger partial charge is 0.188 e. The lowest BCUT2D eigenvalue weighted by atomic mass is 10.1. The van der Waals surface area contributed by atoms with Gasteiger partial charge in [-0.05, 0) is 49.6 Å². The molecule has 4 heteroatoms. The zero-order valence-electron chi connectivity index (χ0n) is 26.8. The third-order valence-electron chi connectivity index (χ3n) is 7.73. The molecule has 0 N–H and O–H groups in total. The summed E-state index contributed by atoms with van der Waals surface area (Å²) in [5, 5.41) is 9.07. The highest BCUT2D eigenvalue weighted by molar-refractivity contribution is 5.59. The van der Waals surface area contributed by atoms with Crippen molar-refractivity contribution in [3.05, 3.63) is 48.0 Å². The van der Waals surface area contributed by atoms with Gasteiger partial charge < -0.3 is 9.47 Å². The van der Waals surface area contributed by atoms with Crippen molar-refractivity contribution in [2.45, 2.75) is 149 Å². The molecule has 0 spiro atoms. The molecule has 0 aromatic heterocycles. The van der Waals surface area contributed by atoms with Gasteiger partial charge in [0.1, 0.15) is 5.69 Å². The number of ether oxygens (including phenoxy) is 2. The van der Waals surface area contributed by atoms with Crippen molar-refractivity contribution in [1.82, 2.24) is 0 Å². The van der Waals surface area contributed by atoms with E-state index in [0.717, 1.165) is 35.7 Å². The zero-order chi connectivity index (χ0) is 29.2. The van der Waals surface area contributed by atoms with Crippen LogP contribution in [0.25, 0.3) is 0 Å². The lowest BCUT2D eigenvalue weighted by Gasteiger charge is -2.14. The van der Waals surface area contributed by atoms with Crippen molar-refractivity contribution in [2.24, 2.45) is 10.2 Å². The van der Waals surface area contributed by atoms with Crippen molar-refractivity contribution in [2.75, 3.05) is 13.2 Å². The lowest BCUT2D eigenvalue weighted by molar-refractivity contribution is 0.259. The summed E-state index contributed by atoms with van der Waals surface area (Å²) < 4.78 is 12.6. The minimum atomic E-state index is 0.683. The Morgan fingerprint density at radius 2 is 1.00 bits per heavy atom. The summed E-state index contributed by atoms with van der Waals surface area (Å²) in [5.74, 6) is 1.51. The van der Waals surface area contributed by atoms with Crippen LogP contribution >= 0.6 is 0 Å². The minimum Gasteiger partial charge on any atom is -0.490 e. The van der Waals surface area contributed by atoms with E-state index in [4.69, 9.17) is 9.47 Å². The number of azo groups is 1. The maximum atomic E-state index is 6.32. The van der Waals surface area contributed by atoms with Crippen molar-refractivity contribution in [3.63, 3.8) is 0 Å². The van der Waals surface area contributed by atoms with E-state index < -0.39 is 0 Å². The summed E-state index contributed by atoms with van der Waals surface area (Å²) in [6.07, 6.45) is 26.3. The number of aryl methyl sites for hydroxylation is 1. The Morgan fingerprint density at radius 1 is 0.512 bits per heavy atom. The normalized spacial score (nSPS) is 11.4. The lowest BCUT2D eigenvalue weighted by Crippen LogP contribution is -2.03. The summed E-state index contributed by atoms with van der Waals surface area (Å²) in [4.78, 5) is 0. The third-order valence-corrected chi connectivity index (χ3v) is 7.73. The Kier molecular flexibility index (Phi) is 20.6. The van der Waals surface area contributed by atoms with Gasteiger partial charge in [-0.15, -0.1) is 5.11 Å². The predicted octanol–water partition coefficient (Wildman–Crippen LogP) is 13.0. The average Bonchev–Trinajstić information content (AvgIpc) is 2.98. The van der Waals surface area contributed by atoms with E-state index in [1.807, 2.05) is 36.4 Å². The highest BCUT2D eigenvalue weighted by Crippen LogP contribution is 2.38. The Morgan fingerprint density at radius 3 is 1.54 bits per heavy atom. The average molecular weight is 565 g/mol. The van der Waals surface area contributed by atoms with Crippen LogP contribution in [0.4, 0.5) is 11.4 Å². The fourth-order valence-electron chi connectivity index (χ4n) is 5.18. The van der Waals surface area contributed by atoms with Crippen molar-refractivity contribution in [1.29, 1.82) is 0 Å². The highest BCUT2D eigenvalue weighted by atomic mass is 16.5. The topological polar surface area (TPSA) is 43.2 Å². The van der Waals surface area contributed by atoms with Crippen LogP contribution in [-0.2, 0) is 0 Å². The fraction of sp³-hybridized carbons (Fsp3) is 0.676. The van der Waals surface area contributed by atoms with Gasteiger partial charge in [-0.1, -0.05) is 148 Å². The van der Waals surface area contributed by atoms with Gasteiger partial charge in [0.15, 0.2) is 11.5 Å². The number of hydrogen-bond acceptors (Lipinski definition) is 4. The maximum absolute atomic E-state index is 6.32. The van der Waals surface area contributed by atoms with Gasteiger partial charge >= 0.3 is 0 Å². The van der Waals surface area contributed by atoms with E-state index in [0.29, 0.717) is 13.2 Å². The number of unbranched alkanes of at least 4 members (excludes halogenated alkanes) is 18. The van der Waals surface area contributed by atoms with Crippen LogP contribution in [0.1, 0.15) is 148 Å². The van der Waals surface area contributed by atoms with Gasteiger partial charge in [-0.2, -0.15) is 5.11 Å². The summed E-state index contributed by atoms with van der Waals surface area (Å²) in [7, 11) is 0. The van der Waals surface area contributed by atoms with Crippen molar-refractivity contribution < 1.29 is 9.47 Å². The molecular formula is C37H60N2O2. The van der Waals surface area contributed by atoms with Crippen LogP contribution in [0.3, 0.4) is 0 Å². The molecule has 2 rings (SSSR count). The summed E-state index contributed by atoms with van der Waals surface area (Å²) in [5.41, 5.74) is 2.76. The van der Waals surface area contributed by atoms with Gasteiger partial charge in [0.05, 0.1) is 18.9 Å². The Hall–Kier alpha value is -2.36. The molecule has 0 heterocycles. The molecule has 0 saturated carbocycles. The third kappa shape index (κ3) is 17.3. The Labute approximate surface area is 252 Å². The van der Waals surface area contributed by atoms with Gasteiger partial charge in [0.25, 0.3) is 0 Å². The minimum absolute atomic E-state index is 0.683. The summed E-state index contributed by atoms with van der Waals surface area (Å²) >= 11 is 0. The molecule has 0 amide bonds.